The third kappa shape index (κ3) is 2.52. The number of amides is 2. The number of pyridine rings is 1. The summed E-state index contributed by atoms with van der Waals surface area (Å²) in [6.07, 6.45) is 0. The zero-order valence-corrected chi connectivity index (χ0v) is 10.0. The van der Waals surface area contributed by atoms with Crippen LogP contribution < -0.4 is 10.6 Å². The van der Waals surface area contributed by atoms with Crippen molar-refractivity contribution in [3.05, 3.63) is 17.8 Å². The number of fused-ring (bicyclic) bond motifs is 1. The number of aromatic nitrogens is 3. The van der Waals surface area contributed by atoms with Gasteiger partial charge in [0.2, 0.25) is 0 Å². The molecule has 0 saturated heterocycles. The van der Waals surface area contributed by atoms with E-state index in [1.54, 1.807) is 0 Å². The quantitative estimate of drug-likeness (QED) is 0.739. The van der Waals surface area contributed by atoms with Crippen LogP contribution in [0.4, 0.5) is 10.6 Å². The third-order valence-corrected chi connectivity index (χ3v) is 2.21. The Morgan fingerprint density at radius 1 is 1.41 bits per heavy atom. The van der Waals surface area contributed by atoms with Crippen molar-refractivity contribution in [1.29, 1.82) is 0 Å². The van der Waals surface area contributed by atoms with E-state index in [2.05, 4.69) is 25.8 Å². The first kappa shape index (κ1) is 11.4. The smallest absolute Gasteiger partial charge is 0.320 e. The third-order valence-electron chi connectivity index (χ3n) is 2.21. The zero-order chi connectivity index (χ0) is 12.4. The van der Waals surface area contributed by atoms with Crippen molar-refractivity contribution in [2.24, 2.45) is 0 Å². The summed E-state index contributed by atoms with van der Waals surface area (Å²) in [5.74, 6) is 0.491. The average Bonchev–Trinajstić information content (AvgIpc) is 2.59. The van der Waals surface area contributed by atoms with Crippen molar-refractivity contribution < 1.29 is 4.79 Å². The van der Waals surface area contributed by atoms with E-state index in [1.807, 2.05) is 32.9 Å². The first-order valence-electron chi connectivity index (χ1n) is 5.45. The molecule has 2 aromatic rings. The molecular formula is C11H15N5O. The highest BCUT2D eigenvalue weighted by Crippen LogP contribution is 2.18. The van der Waals surface area contributed by atoms with Crippen molar-refractivity contribution in [3.63, 3.8) is 0 Å². The molecule has 0 radical (unpaired) electrons. The van der Waals surface area contributed by atoms with Crippen LogP contribution in [0.1, 0.15) is 19.5 Å². The molecule has 2 rings (SSSR count). The summed E-state index contributed by atoms with van der Waals surface area (Å²) in [6, 6.07) is 3.57. The minimum atomic E-state index is -0.269. The van der Waals surface area contributed by atoms with Crippen LogP contribution in [-0.2, 0) is 0 Å². The Bertz CT molecular complexity index is 546. The first-order valence-corrected chi connectivity index (χ1v) is 5.45. The van der Waals surface area contributed by atoms with Gasteiger partial charge in [0.15, 0.2) is 11.5 Å². The topological polar surface area (TPSA) is 82.7 Å². The average molecular weight is 233 g/mol. The molecule has 0 spiro atoms. The number of aromatic amines is 1. The lowest BCUT2D eigenvalue weighted by atomic mass is 10.3. The van der Waals surface area contributed by atoms with Gasteiger partial charge in [-0.05, 0) is 32.9 Å². The Hall–Kier alpha value is -2.11. The fraction of sp³-hybridized carbons (Fsp3) is 0.364. The van der Waals surface area contributed by atoms with Gasteiger partial charge in [0, 0.05) is 11.7 Å². The van der Waals surface area contributed by atoms with E-state index < -0.39 is 0 Å². The maximum Gasteiger partial charge on any atom is 0.320 e. The zero-order valence-electron chi connectivity index (χ0n) is 10.0. The molecule has 0 aliphatic heterocycles. The van der Waals surface area contributed by atoms with Crippen LogP contribution in [-0.4, -0.2) is 27.3 Å². The fourth-order valence-electron chi connectivity index (χ4n) is 1.50. The van der Waals surface area contributed by atoms with Crippen molar-refractivity contribution in [3.8, 4) is 0 Å². The van der Waals surface area contributed by atoms with E-state index in [-0.39, 0.29) is 12.1 Å². The van der Waals surface area contributed by atoms with Crippen LogP contribution in [0.2, 0.25) is 0 Å². The van der Waals surface area contributed by atoms with E-state index in [4.69, 9.17) is 0 Å². The van der Waals surface area contributed by atoms with Crippen LogP contribution in [0.5, 0.6) is 0 Å². The Morgan fingerprint density at radius 2 is 2.18 bits per heavy atom. The molecule has 0 aliphatic rings. The van der Waals surface area contributed by atoms with Crippen LogP contribution >= 0.6 is 0 Å². The minimum absolute atomic E-state index is 0.0839. The molecule has 6 nitrogen and oxygen atoms in total. The van der Waals surface area contributed by atoms with E-state index in [0.717, 1.165) is 11.1 Å². The molecule has 0 saturated carbocycles. The van der Waals surface area contributed by atoms with Gasteiger partial charge in [0.1, 0.15) is 0 Å². The molecule has 2 amide bonds. The summed E-state index contributed by atoms with van der Waals surface area (Å²) in [6.45, 7) is 5.69. The number of aryl methyl sites for hydroxylation is 1. The molecule has 90 valence electrons. The maximum atomic E-state index is 11.5. The molecule has 0 aliphatic carbocycles. The van der Waals surface area contributed by atoms with Crippen molar-refractivity contribution in [2.45, 2.75) is 26.8 Å². The van der Waals surface area contributed by atoms with Gasteiger partial charge in [-0.2, -0.15) is 5.10 Å². The number of carbonyl (C=O) groups excluding carboxylic acids is 1. The van der Waals surface area contributed by atoms with Crippen LogP contribution in [0.3, 0.4) is 0 Å². The molecule has 0 bridgehead atoms. The normalized spacial score (nSPS) is 10.8. The lowest BCUT2D eigenvalue weighted by molar-refractivity contribution is 0.250. The van der Waals surface area contributed by atoms with Crippen molar-refractivity contribution >= 4 is 22.9 Å². The summed E-state index contributed by atoms with van der Waals surface area (Å²) < 4.78 is 0. The maximum absolute atomic E-state index is 11.5. The molecule has 2 heterocycles. The standard InChI is InChI=1S/C11H15N5O/c1-6(2)12-11(17)14-10-8-5-4-7(3)13-9(8)15-16-10/h4-6H,1-3H3,(H3,12,13,14,15,16,17). The largest absolute Gasteiger partial charge is 0.336 e. The lowest BCUT2D eigenvalue weighted by Gasteiger charge is -2.08. The van der Waals surface area contributed by atoms with Crippen LogP contribution in [0.15, 0.2) is 12.1 Å². The van der Waals surface area contributed by atoms with Gasteiger partial charge in [-0.1, -0.05) is 0 Å². The van der Waals surface area contributed by atoms with Gasteiger partial charge in [0.05, 0.1) is 5.39 Å². The molecule has 0 aromatic carbocycles. The number of rotatable bonds is 2. The Morgan fingerprint density at radius 3 is 2.88 bits per heavy atom. The fourth-order valence-corrected chi connectivity index (χ4v) is 1.50. The van der Waals surface area contributed by atoms with Crippen LogP contribution in [0.25, 0.3) is 11.0 Å². The highest BCUT2D eigenvalue weighted by Gasteiger charge is 2.10. The van der Waals surface area contributed by atoms with Crippen LogP contribution in [0, 0.1) is 6.92 Å². The number of hydrogen-bond donors (Lipinski definition) is 3. The second-order valence-corrected chi connectivity index (χ2v) is 4.17. The monoisotopic (exact) mass is 233 g/mol. The van der Waals surface area contributed by atoms with E-state index in [0.29, 0.717) is 11.5 Å². The van der Waals surface area contributed by atoms with Gasteiger partial charge in [-0.3, -0.25) is 10.4 Å². The van der Waals surface area contributed by atoms with E-state index in [1.165, 1.54) is 0 Å². The van der Waals surface area contributed by atoms with Gasteiger partial charge >= 0.3 is 6.03 Å². The number of nitrogens with zero attached hydrogens (tertiary/aromatic N) is 2. The Kier molecular flexibility index (Phi) is 2.95. The molecule has 2 aromatic heterocycles. The van der Waals surface area contributed by atoms with Crippen molar-refractivity contribution in [1.82, 2.24) is 20.5 Å². The number of nitrogens with one attached hydrogen (secondary N) is 3. The molecule has 0 fully saturated rings. The number of hydrogen-bond acceptors (Lipinski definition) is 3. The SMILES string of the molecule is Cc1ccc2c(NC(=O)NC(C)C)n[nH]c2n1. The molecular weight excluding hydrogens is 218 g/mol. The minimum Gasteiger partial charge on any atom is -0.336 e. The second-order valence-electron chi connectivity index (χ2n) is 4.17. The highest BCUT2D eigenvalue weighted by molar-refractivity contribution is 5.97. The predicted molar refractivity (Wildman–Crippen MR) is 65.9 cm³/mol. The summed E-state index contributed by atoms with van der Waals surface area (Å²) >= 11 is 0. The number of carbonyl (C=O) groups is 1. The summed E-state index contributed by atoms with van der Waals surface area (Å²) in [7, 11) is 0. The summed E-state index contributed by atoms with van der Waals surface area (Å²) in [5.41, 5.74) is 1.57. The summed E-state index contributed by atoms with van der Waals surface area (Å²) in [5, 5.41) is 13.0. The van der Waals surface area contributed by atoms with Gasteiger partial charge < -0.3 is 5.32 Å². The second kappa shape index (κ2) is 4.40. The molecule has 0 unspecified atom stereocenters. The van der Waals surface area contributed by atoms with Crippen molar-refractivity contribution in [2.75, 3.05) is 5.32 Å². The Balaban J connectivity index is 2.22. The number of urea groups is 1. The van der Waals surface area contributed by atoms with Gasteiger partial charge in [-0.25, -0.2) is 9.78 Å². The predicted octanol–water partition coefficient (Wildman–Crippen LogP) is 1.80. The Labute approximate surface area is 98.8 Å². The molecule has 17 heavy (non-hydrogen) atoms. The molecule has 6 heteroatoms. The van der Waals surface area contributed by atoms with Gasteiger partial charge in [-0.15, -0.1) is 0 Å². The first-order chi connectivity index (χ1) is 8.06. The van der Waals surface area contributed by atoms with E-state index in [9.17, 15) is 4.79 Å². The van der Waals surface area contributed by atoms with Gasteiger partial charge in [0.25, 0.3) is 0 Å². The number of anilines is 1. The number of H-pyrrole nitrogens is 1. The molecule has 3 N–H and O–H groups in total. The summed E-state index contributed by atoms with van der Waals surface area (Å²) in [4.78, 5) is 15.8. The lowest BCUT2D eigenvalue weighted by Crippen LogP contribution is -2.34. The molecule has 0 atom stereocenters. The van der Waals surface area contributed by atoms with E-state index >= 15 is 0 Å². The highest BCUT2D eigenvalue weighted by atomic mass is 16.2.